The van der Waals surface area contributed by atoms with Crippen LogP contribution in [0.2, 0.25) is 0 Å². The van der Waals surface area contributed by atoms with Gasteiger partial charge in [0.2, 0.25) is 0 Å². The first-order valence-electron chi connectivity index (χ1n) is 2.12. The molecular weight excluding hydrogens is 346 g/mol. The van der Waals surface area contributed by atoms with Gasteiger partial charge in [-0.2, -0.15) is 0 Å². The number of alkyl halides is 1. The van der Waals surface area contributed by atoms with Crippen molar-refractivity contribution in [3.8, 4) is 0 Å². The van der Waals surface area contributed by atoms with Crippen LogP contribution in [0.15, 0.2) is 11.4 Å². The molecule has 1 rings (SSSR count). The van der Waals surface area contributed by atoms with E-state index >= 15 is 0 Å². The lowest BCUT2D eigenvalue weighted by molar-refractivity contribution is 1.56. The van der Waals surface area contributed by atoms with Gasteiger partial charge in [-0.15, -0.1) is 11.3 Å². The van der Waals surface area contributed by atoms with Gasteiger partial charge < -0.3 is 0 Å². The maximum absolute atomic E-state index is 2.38. The van der Waals surface area contributed by atoms with Gasteiger partial charge in [0.05, 0.1) is 0 Å². The lowest BCUT2D eigenvalue weighted by Gasteiger charge is -1.84. The Hall–Kier alpha value is 1.16. The molecule has 0 aliphatic rings. The third kappa shape index (κ3) is 1.57. The van der Waals surface area contributed by atoms with Crippen LogP contribution in [0.4, 0.5) is 0 Å². The molecule has 1 heterocycles. The summed E-state index contributed by atoms with van der Waals surface area (Å²) in [4.78, 5) is 1.49. The van der Waals surface area contributed by atoms with E-state index in [9.17, 15) is 0 Å². The molecular formula is C5H4I2S. The topological polar surface area (TPSA) is 0 Å². The van der Waals surface area contributed by atoms with Gasteiger partial charge >= 0.3 is 0 Å². The van der Waals surface area contributed by atoms with Crippen molar-refractivity contribution >= 4 is 56.5 Å². The molecule has 0 N–H and O–H groups in total. The van der Waals surface area contributed by atoms with Crippen LogP contribution in [0.1, 0.15) is 4.88 Å². The molecule has 0 atom stereocenters. The summed E-state index contributed by atoms with van der Waals surface area (Å²) in [6, 6.07) is 2.15. The Morgan fingerprint density at radius 3 is 2.62 bits per heavy atom. The first kappa shape index (κ1) is 7.27. The number of halogens is 2. The highest BCUT2D eigenvalue weighted by Crippen LogP contribution is 2.20. The second-order valence-electron chi connectivity index (χ2n) is 1.33. The maximum Gasteiger partial charge on any atom is 0.0352 e. The summed E-state index contributed by atoms with van der Waals surface area (Å²) in [6.45, 7) is 0. The molecule has 0 nitrogen and oxygen atoms in total. The fourth-order valence-corrected chi connectivity index (χ4v) is 3.71. The molecule has 0 bridgehead atoms. The minimum Gasteiger partial charge on any atom is -0.147 e. The molecule has 0 fully saturated rings. The zero-order valence-corrected chi connectivity index (χ0v) is 9.16. The summed E-state index contributed by atoms with van der Waals surface area (Å²) in [5, 5.41) is 2.13. The molecule has 0 aliphatic carbocycles. The van der Waals surface area contributed by atoms with Crippen LogP contribution in [-0.2, 0) is 4.43 Å². The highest BCUT2D eigenvalue weighted by Gasteiger charge is 1.95. The summed E-state index contributed by atoms with van der Waals surface area (Å²) in [5.41, 5.74) is 0. The van der Waals surface area contributed by atoms with Crippen molar-refractivity contribution < 1.29 is 0 Å². The van der Waals surface area contributed by atoms with Gasteiger partial charge in [-0.3, -0.25) is 0 Å². The molecule has 8 heavy (non-hydrogen) atoms. The summed E-state index contributed by atoms with van der Waals surface area (Å²) < 4.78 is 2.55. The highest BCUT2D eigenvalue weighted by molar-refractivity contribution is 14.1. The quantitative estimate of drug-likeness (QED) is 0.539. The third-order valence-corrected chi connectivity index (χ3v) is 4.39. The van der Waals surface area contributed by atoms with Crippen LogP contribution in [0, 0.1) is 3.57 Å². The average molecular weight is 350 g/mol. The summed E-state index contributed by atoms with van der Waals surface area (Å²) in [7, 11) is 0. The van der Waals surface area contributed by atoms with Crippen molar-refractivity contribution in [2.45, 2.75) is 4.43 Å². The Morgan fingerprint density at radius 1 is 1.62 bits per heavy atom. The second-order valence-corrected chi connectivity index (χ2v) is 4.25. The van der Waals surface area contributed by atoms with Crippen molar-refractivity contribution in [1.29, 1.82) is 0 Å². The fraction of sp³-hybridized carbons (Fsp3) is 0.200. The van der Waals surface area contributed by atoms with Crippen LogP contribution >= 0.6 is 56.5 Å². The fourth-order valence-electron chi connectivity index (χ4n) is 0.420. The lowest BCUT2D eigenvalue weighted by atomic mass is 10.5. The number of rotatable bonds is 1. The van der Waals surface area contributed by atoms with Crippen LogP contribution in [-0.4, -0.2) is 0 Å². The average Bonchev–Trinajstić information content (AvgIpc) is 2.14. The van der Waals surface area contributed by atoms with E-state index in [2.05, 4.69) is 56.6 Å². The predicted octanol–water partition coefficient (Wildman–Crippen LogP) is 3.29. The third-order valence-electron chi connectivity index (χ3n) is 0.812. The Labute approximate surface area is 80.0 Å². The minimum absolute atomic E-state index is 1.15. The second kappa shape index (κ2) is 3.36. The first-order valence-corrected chi connectivity index (χ1v) is 5.61. The Morgan fingerprint density at radius 2 is 2.38 bits per heavy atom. The minimum atomic E-state index is 1.15. The van der Waals surface area contributed by atoms with E-state index in [1.54, 1.807) is 0 Å². The monoisotopic (exact) mass is 350 g/mol. The van der Waals surface area contributed by atoms with E-state index in [1.165, 1.54) is 8.45 Å². The zero-order valence-electron chi connectivity index (χ0n) is 4.03. The Bertz CT molecular complexity index is 171. The van der Waals surface area contributed by atoms with Gasteiger partial charge in [-0.05, 0) is 34.0 Å². The molecule has 1 aromatic heterocycles. The van der Waals surface area contributed by atoms with Crippen molar-refractivity contribution in [2.24, 2.45) is 0 Å². The molecule has 0 saturated heterocycles. The highest BCUT2D eigenvalue weighted by atomic mass is 127. The van der Waals surface area contributed by atoms with Crippen molar-refractivity contribution in [1.82, 2.24) is 0 Å². The van der Waals surface area contributed by atoms with Crippen molar-refractivity contribution in [2.75, 3.05) is 0 Å². The number of hydrogen-bond donors (Lipinski definition) is 0. The van der Waals surface area contributed by atoms with E-state index in [-0.39, 0.29) is 0 Å². The maximum atomic E-state index is 2.38. The predicted molar refractivity (Wildman–Crippen MR) is 54.8 cm³/mol. The largest absolute Gasteiger partial charge is 0.147 e. The first-order chi connectivity index (χ1) is 3.84. The molecule has 44 valence electrons. The Kier molecular flexibility index (Phi) is 3.05. The van der Waals surface area contributed by atoms with Crippen molar-refractivity contribution in [3.63, 3.8) is 0 Å². The molecule has 0 aliphatic heterocycles. The van der Waals surface area contributed by atoms with Gasteiger partial charge in [-0.25, -0.2) is 0 Å². The van der Waals surface area contributed by atoms with Crippen molar-refractivity contribution in [3.05, 3.63) is 19.9 Å². The normalized spacial score (nSPS) is 9.75. The van der Waals surface area contributed by atoms with E-state index < -0.39 is 0 Å². The smallest absolute Gasteiger partial charge is 0.0352 e. The SMILES string of the molecule is ICc1sccc1I. The zero-order chi connectivity index (χ0) is 5.98. The molecule has 0 unspecified atom stereocenters. The molecule has 0 amide bonds. The van der Waals surface area contributed by atoms with Crippen LogP contribution < -0.4 is 0 Å². The standard InChI is InChI=1S/C5H4I2S/c6-3-5-4(7)1-2-8-5/h1-2H,3H2. The molecule has 1 aromatic rings. The molecule has 0 aromatic carbocycles. The summed E-state index contributed by atoms with van der Waals surface area (Å²) in [5.74, 6) is 0. The van der Waals surface area contributed by atoms with Gasteiger partial charge in [0.1, 0.15) is 0 Å². The van der Waals surface area contributed by atoms with Gasteiger partial charge in [0.25, 0.3) is 0 Å². The van der Waals surface area contributed by atoms with Gasteiger partial charge in [-0.1, -0.05) is 22.6 Å². The van der Waals surface area contributed by atoms with Crippen LogP contribution in [0.5, 0.6) is 0 Å². The summed E-state index contributed by atoms with van der Waals surface area (Å²) >= 11 is 6.58. The number of hydrogen-bond acceptors (Lipinski definition) is 1. The Balaban J connectivity index is 2.92. The molecule has 0 saturated carbocycles. The van der Waals surface area contributed by atoms with Crippen LogP contribution in [0.25, 0.3) is 0 Å². The van der Waals surface area contributed by atoms with Crippen LogP contribution in [0.3, 0.4) is 0 Å². The van der Waals surface area contributed by atoms with E-state index in [0.29, 0.717) is 0 Å². The number of thiophene rings is 1. The van der Waals surface area contributed by atoms with E-state index in [1.807, 2.05) is 11.3 Å². The molecule has 0 radical (unpaired) electrons. The lowest BCUT2D eigenvalue weighted by Crippen LogP contribution is -1.68. The van der Waals surface area contributed by atoms with E-state index in [4.69, 9.17) is 0 Å². The molecule has 3 heteroatoms. The van der Waals surface area contributed by atoms with Gasteiger partial charge in [0, 0.05) is 12.9 Å². The summed E-state index contributed by atoms with van der Waals surface area (Å²) in [6.07, 6.45) is 0. The van der Waals surface area contributed by atoms with E-state index in [0.717, 1.165) is 4.43 Å². The van der Waals surface area contributed by atoms with Gasteiger partial charge in [0.15, 0.2) is 0 Å². The molecule has 0 spiro atoms.